The summed E-state index contributed by atoms with van der Waals surface area (Å²) in [6, 6.07) is 8.22. The Hall–Kier alpha value is -0.560. The second-order valence-corrected chi connectivity index (χ2v) is 8.62. The Morgan fingerprint density at radius 3 is 1.00 bits per heavy atom. The standard InChI is InChI=1S/C18H10Br4O2/c1-23-7-3-9-13-10(4-7)16(20)18(22)12-6-8(24-2)5-11(14(12)13)17(21)15(9)19/h3-6H,1-2H3. The largest absolute Gasteiger partial charge is 0.497 e. The maximum atomic E-state index is 5.50. The van der Waals surface area contributed by atoms with Crippen LogP contribution in [0.15, 0.2) is 42.2 Å². The maximum absolute atomic E-state index is 5.50. The summed E-state index contributed by atoms with van der Waals surface area (Å²) in [5, 5.41) is 6.79. The maximum Gasteiger partial charge on any atom is 0.120 e. The summed E-state index contributed by atoms with van der Waals surface area (Å²) in [5.41, 5.74) is 0. The molecule has 4 rings (SSSR count). The molecule has 0 N–H and O–H groups in total. The van der Waals surface area contributed by atoms with Crippen LogP contribution in [0.3, 0.4) is 0 Å². The van der Waals surface area contributed by atoms with Crippen molar-refractivity contribution in [3.8, 4) is 11.5 Å². The van der Waals surface area contributed by atoms with Crippen molar-refractivity contribution in [1.82, 2.24) is 0 Å². The topological polar surface area (TPSA) is 18.5 Å². The molecular weight excluding hydrogens is 568 g/mol. The first-order chi connectivity index (χ1) is 11.5. The smallest absolute Gasteiger partial charge is 0.120 e. The highest BCUT2D eigenvalue weighted by Crippen LogP contribution is 2.50. The Morgan fingerprint density at radius 2 is 0.792 bits per heavy atom. The van der Waals surface area contributed by atoms with E-state index in [9.17, 15) is 0 Å². The zero-order valence-corrected chi connectivity index (χ0v) is 19.0. The van der Waals surface area contributed by atoms with E-state index in [4.69, 9.17) is 9.47 Å². The summed E-state index contributed by atoms with van der Waals surface area (Å²) in [6.45, 7) is 0. The minimum atomic E-state index is 0.818. The van der Waals surface area contributed by atoms with Gasteiger partial charge in [-0.25, -0.2) is 0 Å². The molecule has 122 valence electrons. The SMILES string of the molecule is COc1cc2c(Br)c(Br)c3cc(OC)cc4c(Br)c(Br)c(c1)c2c34. The molecule has 0 saturated heterocycles. The van der Waals surface area contributed by atoms with Crippen molar-refractivity contribution in [2.45, 2.75) is 0 Å². The van der Waals surface area contributed by atoms with Crippen LogP contribution in [0, 0.1) is 0 Å². The molecule has 0 spiro atoms. The van der Waals surface area contributed by atoms with Crippen LogP contribution in [-0.2, 0) is 0 Å². The van der Waals surface area contributed by atoms with Crippen molar-refractivity contribution in [3.63, 3.8) is 0 Å². The minimum absolute atomic E-state index is 0.818. The molecule has 0 heterocycles. The van der Waals surface area contributed by atoms with E-state index in [1.165, 1.54) is 10.8 Å². The predicted molar refractivity (Wildman–Crippen MR) is 114 cm³/mol. The van der Waals surface area contributed by atoms with Crippen molar-refractivity contribution >= 4 is 96.0 Å². The molecule has 0 saturated carbocycles. The highest BCUT2D eigenvalue weighted by Gasteiger charge is 2.21. The third-order valence-corrected chi connectivity index (χ3v) is 8.64. The summed E-state index contributed by atoms with van der Waals surface area (Å²) >= 11 is 15.0. The molecule has 0 aromatic heterocycles. The van der Waals surface area contributed by atoms with Crippen LogP contribution in [0.4, 0.5) is 0 Å². The van der Waals surface area contributed by atoms with Gasteiger partial charge in [0.25, 0.3) is 0 Å². The second-order valence-electron chi connectivity index (χ2n) is 5.45. The highest BCUT2D eigenvalue weighted by atomic mass is 79.9. The van der Waals surface area contributed by atoms with Crippen molar-refractivity contribution in [2.75, 3.05) is 14.2 Å². The minimum Gasteiger partial charge on any atom is -0.497 e. The van der Waals surface area contributed by atoms with E-state index in [1.807, 2.05) is 0 Å². The molecular formula is C18H10Br4O2. The van der Waals surface area contributed by atoms with Crippen LogP contribution in [-0.4, -0.2) is 14.2 Å². The van der Waals surface area contributed by atoms with Crippen LogP contribution in [0.25, 0.3) is 32.3 Å². The number of rotatable bonds is 2. The lowest BCUT2D eigenvalue weighted by molar-refractivity contribution is 0.415. The number of hydrogen-bond acceptors (Lipinski definition) is 2. The Morgan fingerprint density at radius 1 is 0.542 bits per heavy atom. The molecule has 6 heteroatoms. The zero-order chi connectivity index (χ0) is 17.2. The van der Waals surface area contributed by atoms with Gasteiger partial charge in [-0.15, -0.1) is 0 Å². The van der Waals surface area contributed by atoms with Gasteiger partial charge in [0.05, 0.1) is 14.2 Å². The van der Waals surface area contributed by atoms with Gasteiger partial charge in [-0.2, -0.15) is 0 Å². The number of ether oxygens (including phenoxy) is 2. The lowest BCUT2D eigenvalue weighted by atomic mass is 9.94. The van der Waals surface area contributed by atoms with Gasteiger partial charge < -0.3 is 9.47 Å². The van der Waals surface area contributed by atoms with Crippen molar-refractivity contribution in [1.29, 1.82) is 0 Å². The third-order valence-electron chi connectivity index (χ3n) is 4.28. The normalized spacial score (nSPS) is 11.8. The van der Waals surface area contributed by atoms with Gasteiger partial charge in [0.1, 0.15) is 11.5 Å². The van der Waals surface area contributed by atoms with E-state index in [-0.39, 0.29) is 0 Å². The molecule has 4 aromatic carbocycles. The molecule has 0 aliphatic carbocycles. The van der Waals surface area contributed by atoms with Crippen molar-refractivity contribution in [3.05, 3.63) is 42.2 Å². The first-order valence-electron chi connectivity index (χ1n) is 7.04. The molecule has 0 fully saturated rings. The molecule has 0 amide bonds. The van der Waals surface area contributed by atoms with Crippen molar-refractivity contribution in [2.24, 2.45) is 0 Å². The summed E-state index contributed by atoms with van der Waals surface area (Å²) < 4.78 is 15.0. The van der Waals surface area contributed by atoms with Crippen LogP contribution in [0.2, 0.25) is 0 Å². The average Bonchev–Trinajstić information content (AvgIpc) is 2.61. The van der Waals surface area contributed by atoms with E-state index >= 15 is 0 Å². The van der Waals surface area contributed by atoms with Gasteiger partial charge in [0.2, 0.25) is 0 Å². The predicted octanol–water partition coefficient (Wildman–Crippen LogP) is 7.65. The lowest BCUT2D eigenvalue weighted by Crippen LogP contribution is -1.93. The van der Waals surface area contributed by atoms with Crippen LogP contribution in [0.5, 0.6) is 11.5 Å². The molecule has 0 aliphatic rings. The zero-order valence-electron chi connectivity index (χ0n) is 12.6. The molecule has 4 aromatic rings. The lowest BCUT2D eigenvalue weighted by Gasteiger charge is -2.19. The van der Waals surface area contributed by atoms with Crippen molar-refractivity contribution < 1.29 is 9.47 Å². The fourth-order valence-electron chi connectivity index (χ4n) is 3.17. The Kier molecular flexibility index (Phi) is 4.23. The molecule has 0 radical (unpaired) electrons. The van der Waals surface area contributed by atoms with Crippen LogP contribution < -0.4 is 9.47 Å². The quantitative estimate of drug-likeness (QED) is 0.228. The third kappa shape index (κ3) is 2.23. The molecule has 2 nitrogen and oxygen atoms in total. The van der Waals surface area contributed by atoms with E-state index in [0.717, 1.165) is 50.9 Å². The number of halogens is 4. The van der Waals surface area contributed by atoms with Crippen LogP contribution >= 0.6 is 63.7 Å². The summed E-state index contributed by atoms with van der Waals surface area (Å²) in [4.78, 5) is 0. The van der Waals surface area contributed by atoms with Gasteiger partial charge in [0, 0.05) is 50.2 Å². The summed E-state index contributed by atoms with van der Waals surface area (Å²) in [7, 11) is 3.37. The Labute approximate surface area is 172 Å². The first-order valence-corrected chi connectivity index (χ1v) is 10.2. The van der Waals surface area contributed by atoms with E-state index in [1.54, 1.807) is 14.2 Å². The summed E-state index contributed by atoms with van der Waals surface area (Å²) in [5.74, 6) is 1.64. The number of methoxy groups -OCH3 is 2. The summed E-state index contributed by atoms with van der Waals surface area (Å²) in [6.07, 6.45) is 0. The molecule has 0 bridgehead atoms. The Balaban J connectivity index is 2.42. The number of benzene rings is 4. The van der Waals surface area contributed by atoms with Gasteiger partial charge in [-0.05, 0) is 88.0 Å². The van der Waals surface area contributed by atoms with Crippen LogP contribution in [0.1, 0.15) is 0 Å². The van der Waals surface area contributed by atoms with Gasteiger partial charge in [-0.3, -0.25) is 0 Å². The molecule has 0 aliphatic heterocycles. The highest BCUT2D eigenvalue weighted by molar-refractivity contribution is 9.13. The van der Waals surface area contributed by atoms with Gasteiger partial charge in [-0.1, -0.05) is 0 Å². The fraction of sp³-hybridized carbons (Fsp3) is 0.111. The average molecular weight is 578 g/mol. The first kappa shape index (κ1) is 16.9. The monoisotopic (exact) mass is 574 g/mol. The molecule has 0 atom stereocenters. The van der Waals surface area contributed by atoms with Gasteiger partial charge in [0.15, 0.2) is 0 Å². The number of hydrogen-bond donors (Lipinski definition) is 0. The van der Waals surface area contributed by atoms with Gasteiger partial charge >= 0.3 is 0 Å². The Bertz CT molecular complexity index is 954. The second kappa shape index (κ2) is 6.01. The fourth-order valence-corrected chi connectivity index (χ4v) is 5.28. The molecule has 0 unspecified atom stereocenters. The molecule has 24 heavy (non-hydrogen) atoms. The van der Waals surface area contributed by atoms with E-state index in [2.05, 4.69) is 88.0 Å². The van der Waals surface area contributed by atoms with E-state index < -0.39 is 0 Å². The van der Waals surface area contributed by atoms with E-state index in [0.29, 0.717) is 0 Å².